The second kappa shape index (κ2) is 11.5. The Balaban J connectivity index is 0. The first-order valence-electron chi connectivity index (χ1n) is 3.16. The van der Waals surface area contributed by atoms with Gasteiger partial charge in [0, 0.05) is 39.8 Å². The molecular formula is C9H8O3Y-2. The van der Waals surface area contributed by atoms with E-state index in [-0.39, 0.29) is 32.7 Å². The van der Waals surface area contributed by atoms with Gasteiger partial charge in [-0.05, 0) is 0 Å². The van der Waals surface area contributed by atoms with Crippen LogP contribution < -0.4 is 0 Å². The van der Waals surface area contributed by atoms with Crippen LogP contribution in [0.4, 0.5) is 0 Å². The standard InChI is InChI=1S/C7H5O.C2H3O2.Y/c8-6-7-4-2-1-3-5-7;1-4-2-3;/h2-6H;1H3;/q2*-1;. The number of carbonyl (C=O) groups excluding carboxylic acids is 2. The minimum absolute atomic E-state index is 0. The molecule has 0 heterocycles. The average Bonchev–Trinajstić information content (AvgIpc) is 2.19. The molecule has 0 fully saturated rings. The summed E-state index contributed by atoms with van der Waals surface area (Å²) in [6.07, 6.45) is 0.813. The van der Waals surface area contributed by atoms with Crippen molar-refractivity contribution < 1.29 is 47.0 Å². The Hall–Kier alpha value is -0.536. The molecule has 0 aromatic heterocycles. The number of carbonyl (C=O) groups is 1. The summed E-state index contributed by atoms with van der Waals surface area (Å²) >= 11 is 0. The van der Waals surface area contributed by atoms with Crippen LogP contribution in [0.1, 0.15) is 10.4 Å². The third kappa shape index (κ3) is 9.38. The average molecular weight is 253 g/mol. The fraction of sp³-hybridized carbons (Fsp3) is 0.111. The zero-order valence-corrected chi connectivity index (χ0v) is 10.0. The molecule has 1 rings (SSSR count). The van der Waals surface area contributed by atoms with Gasteiger partial charge in [0.05, 0.1) is 0 Å². The number of ether oxygens (including phenoxy) is 1. The summed E-state index contributed by atoms with van der Waals surface area (Å²) in [5.74, 6) is 0. The van der Waals surface area contributed by atoms with E-state index in [1.807, 2.05) is 0 Å². The third-order valence-electron chi connectivity index (χ3n) is 0.963. The van der Waals surface area contributed by atoms with Gasteiger partial charge in [-0.25, -0.2) is 0 Å². The summed E-state index contributed by atoms with van der Waals surface area (Å²) in [7, 11) is 1.26. The topological polar surface area (TPSA) is 43.4 Å². The molecule has 13 heavy (non-hydrogen) atoms. The van der Waals surface area contributed by atoms with Gasteiger partial charge in [0.2, 0.25) is 0 Å². The van der Waals surface area contributed by atoms with Crippen molar-refractivity contribution in [3.8, 4) is 0 Å². The van der Waals surface area contributed by atoms with Gasteiger partial charge in [-0.15, -0.1) is 0 Å². The molecule has 0 saturated carbocycles. The summed E-state index contributed by atoms with van der Waals surface area (Å²) in [5.41, 5.74) is 0.698. The molecule has 0 saturated heterocycles. The van der Waals surface area contributed by atoms with Crippen molar-refractivity contribution in [3.63, 3.8) is 0 Å². The molecule has 0 aliphatic heterocycles. The van der Waals surface area contributed by atoms with Gasteiger partial charge in [0.1, 0.15) is 6.29 Å². The van der Waals surface area contributed by atoms with Gasteiger partial charge in [0.15, 0.2) is 0 Å². The largest absolute Gasteiger partial charge is 0.655 e. The van der Waals surface area contributed by atoms with E-state index >= 15 is 0 Å². The maximum atomic E-state index is 9.99. The smallest absolute Gasteiger partial charge is 0.126 e. The molecule has 1 radical (unpaired) electrons. The van der Waals surface area contributed by atoms with Crippen molar-refractivity contribution >= 4 is 12.8 Å². The van der Waals surface area contributed by atoms with Crippen LogP contribution in [0.25, 0.3) is 0 Å². The molecule has 1 aromatic rings. The SMILES string of the molecule is CO[C-]=O.O=Cc1cc[c-]cc1.[Y]. The maximum Gasteiger partial charge on any atom is 0.126 e. The van der Waals surface area contributed by atoms with E-state index in [0.29, 0.717) is 5.56 Å². The van der Waals surface area contributed by atoms with E-state index in [9.17, 15) is 4.79 Å². The summed E-state index contributed by atoms with van der Waals surface area (Å²) in [6.45, 7) is 1.18. The summed E-state index contributed by atoms with van der Waals surface area (Å²) in [5, 5.41) is 0. The second-order valence-electron chi connectivity index (χ2n) is 1.74. The first-order valence-corrected chi connectivity index (χ1v) is 3.16. The molecule has 0 spiro atoms. The Kier molecular flexibility index (Phi) is 13.2. The molecule has 0 unspecified atom stereocenters. The molecule has 3 nitrogen and oxygen atoms in total. The fourth-order valence-electron chi connectivity index (χ4n) is 0.478. The number of benzene rings is 1. The molecule has 0 aliphatic rings. The van der Waals surface area contributed by atoms with Gasteiger partial charge >= 0.3 is 0 Å². The van der Waals surface area contributed by atoms with Crippen LogP contribution >= 0.6 is 0 Å². The number of hydrogen-bond donors (Lipinski definition) is 0. The number of rotatable bonds is 2. The van der Waals surface area contributed by atoms with Crippen LogP contribution in [0.15, 0.2) is 24.3 Å². The minimum atomic E-state index is 0. The molecule has 0 bridgehead atoms. The van der Waals surface area contributed by atoms with Crippen LogP contribution in [0, 0.1) is 6.07 Å². The number of hydrogen-bond acceptors (Lipinski definition) is 3. The van der Waals surface area contributed by atoms with E-state index < -0.39 is 0 Å². The molecule has 1 aromatic carbocycles. The Morgan fingerprint density at radius 2 is 1.92 bits per heavy atom. The first-order chi connectivity index (χ1) is 5.85. The summed E-state index contributed by atoms with van der Waals surface area (Å²) in [4.78, 5) is 18.8. The Bertz CT molecular complexity index is 224. The van der Waals surface area contributed by atoms with E-state index in [4.69, 9.17) is 4.79 Å². The summed E-state index contributed by atoms with van der Waals surface area (Å²) < 4.78 is 3.74. The maximum absolute atomic E-state index is 9.99. The van der Waals surface area contributed by atoms with Gasteiger partial charge in [0.25, 0.3) is 0 Å². The fourth-order valence-corrected chi connectivity index (χ4v) is 0.478. The monoisotopic (exact) mass is 253 g/mol. The second-order valence-corrected chi connectivity index (χ2v) is 1.74. The van der Waals surface area contributed by atoms with Crippen LogP contribution in [0.5, 0.6) is 0 Å². The van der Waals surface area contributed by atoms with Gasteiger partial charge in [-0.1, -0.05) is 12.0 Å². The Labute approximate surface area is 102 Å². The van der Waals surface area contributed by atoms with Crippen LogP contribution in [0.2, 0.25) is 0 Å². The van der Waals surface area contributed by atoms with E-state index in [0.717, 1.165) is 6.29 Å². The van der Waals surface area contributed by atoms with Gasteiger partial charge in [-0.2, -0.15) is 30.3 Å². The zero-order chi connectivity index (χ0) is 9.23. The number of aldehydes is 1. The molecule has 4 heteroatoms. The molecule has 0 N–H and O–H groups in total. The van der Waals surface area contributed by atoms with Crippen molar-refractivity contribution in [2.75, 3.05) is 7.11 Å². The van der Waals surface area contributed by atoms with E-state index in [2.05, 4.69) is 10.8 Å². The minimum Gasteiger partial charge on any atom is -0.655 e. The van der Waals surface area contributed by atoms with Crippen molar-refractivity contribution in [1.82, 2.24) is 0 Å². The predicted molar refractivity (Wildman–Crippen MR) is 43.4 cm³/mol. The Morgan fingerprint density at radius 3 is 2.15 bits per heavy atom. The van der Waals surface area contributed by atoms with Crippen molar-refractivity contribution in [2.45, 2.75) is 0 Å². The van der Waals surface area contributed by atoms with Crippen LogP contribution in [0.3, 0.4) is 0 Å². The Morgan fingerprint density at radius 1 is 1.46 bits per heavy atom. The van der Waals surface area contributed by atoms with Crippen molar-refractivity contribution in [2.24, 2.45) is 0 Å². The first kappa shape index (κ1) is 15.0. The van der Waals surface area contributed by atoms with E-state index in [1.165, 1.54) is 13.6 Å². The van der Waals surface area contributed by atoms with Gasteiger partial charge < -0.3 is 14.3 Å². The van der Waals surface area contributed by atoms with Gasteiger partial charge in [-0.3, -0.25) is 0 Å². The molecular weight excluding hydrogens is 245 g/mol. The summed E-state index contributed by atoms with van der Waals surface area (Å²) in [6, 6.07) is 9.66. The number of methoxy groups -OCH3 is 1. The third-order valence-corrected chi connectivity index (χ3v) is 0.963. The van der Waals surface area contributed by atoms with Crippen LogP contribution in [-0.4, -0.2) is 19.9 Å². The molecule has 0 aliphatic carbocycles. The predicted octanol–water partition coefficient (Wildman–Crippen LogP) is 0.997. The zero-order valence-electron chi connectivity index (χ0n) is 7.19. The molecule has 67 valence electrons. The quantitative estimate of drug-likeness (QED) is 0.583. The van der Waals surface area contributed by atoms with Crippen molar-refractivity contribution in [1.29, 1.82) is 0 Å². The van der Waals surface area contributed by atoms with Crippen LogP contribution in [-0.2, 0) is 42.2 Å². The normalized spacial score (nSPS) is 6.85. The molecule has 0 atom stereocenters. The van der Waals surface area contributed by atoms with E-state index in [1.54, 1.807) is 24.3 Å². The van der Waals surface area contributed by atoms with Crippen molar-refractivity contribution in [3.05, 3.63) is 35.9 Å². The molecule has 0 amide bonds.